The normalized spacial score (nSPS) is 12.7. The van der Waals surface area contributed by atoms with Gasteiger partial charge in [0.2, 0.25) is 0 Å². The summed E-state index contributed by atoms with van der Waals surface area (Å²) in [5, 5.41) is 3.44. The summed E-state index contributed by atoms with van der Waals surface area (Å²) in [5.41, 5.74) is 2.21. The van der Waals surface area contributed by atoms with Crippen LogP contribution in [-0.4, -0.2) is 29.3 Å². The average molecular weight is 273 g/mol. The highest BCUT2D eigenvalue weighted by Crippen LogP contribution is 2.18. The fourth-order valence-corrected chi connectivity index (χ4v) is 2.26. The molecule has 4 heteroatoms. The topological polar surface area (TPSA) is 39.1 Å². The van der Waals surface area contributed by atoms with E-state index in [-0.39, 0.29) is 6.04 Å². The second-order valence-electron chi connectivity index (χ2n) is 4.88. The van der Waals surface area contributed by atoms with Crippen molar-refractivity contribution in [1.82, 2.24) is 14.9 Å². The van der Waals surface area contributed by atoms with E-state index in [2.05, 4.69) is 41.5 Å². The molecular weight excluding hydrogens is 250 g/mol. The number of nitrogens with zero attached hydrogens (tertiary/aromatic N) is 2. The number of rotatable bonds is 8. The Morgan fingerprint density at radius 2 is 2.20 bits per heavy atom. The van der Waals surface area contributed by atoms with Crippen LogP contribution in [0.5, 0.6) is 0 Å². The number of hydrogen-bond acceptors (Lipinski definition) is 3. The largest absolute Gasteiger partial charge is 0.380 e. The van der Waals surface area contributed by atoms with Crippen molar-refractivity contribution in [2.75, 3.05) is 19.8 Å². The Balaban J connectivity index is 1.89. The van der Waals surface area contributed by atoms with E-state index < -0.39 is 0 Å². The van der Waals surface area contributed by atoms with Crippen LogP contribution in [0, 0.1) is 0 Å². The number of nitrogens with one attached hydrogen (secondary N) is 1. The third kappa shape index (κ3) is 3.46. The van der Waals surface area contributed by atoms with Gasteiger partial charge in [0, 0.05) is 13.6 Å². The summed E-state index contributed by atoms with van der Waals surface area (Å²) in [7, 11) is 2.06. The lowest BCUT2D eigenvalue weighted by Gasteiger charge is -2.13. The number of imidazole rings is 1. The highest BCUT2D eigenvalue weighted by Gasteiger charge is 2.13. The van der Waals surface area contributed by atoms with Crippen LogP contribution in [-0.2, 0) is 11.8 Å². The zero-order valence-electron chi connectivity index (χ0n) is 12.3. The van der Waals surface area contributed by atoms with Crippen LogP contribution in [0.2, 0.25) is 0 Å². The van der Waals surface area contributed by atoms with E-state index in [1.165, 1.54) is 5.52 Å². The van der Waals surface area contributed by atoms with Gasteiger partial charge in [0.1, 0.15) is 5.82 Å². The van der Waals surface area contributed by atoms with Crippen LogP contribution in [0.15, 0.2) is 36.9 Å². The SMILES string of the molecule is C=CCCOCCNC(C)c1nc2ccccc2n1C. The highest BCUT2D eigenvalue weighted by atomic mass is 16.5. The molecule has 1 unspecified atom stereocenters. The first-order valence-electron chi connectivity index (χ1n) is 7.07. The van der Waals surface area contributed by atoms with E-state index in [1.54, 1.807) is 0 Å². The summed E-state index contributed by atoms with van der Waals surface area (Å²) in [6.45, 7) is 8.07. The summed E-state index contributed by atoms with van der Waals surface area (Å²) in [6, 6.07) is 8.40. The van der Waals surface area contributed by atoms with E-state index in [0.717, 1.165) is 30.9 Å². The molecule has 0 spiro atoms. The molecule has 1 N–H and O–H groups in total. The maximum atomic E-state index is 5.49. The van der Waals surface area contributed by atoms with Crippen molar-refractivity contribution in [3.63, 3.8) is 0 Å². The van der Waals surface area contributed by atoms with Gasteiger partial charge in [0.05, 0.1) is 30.3 Å². The van der Waals surface area contributed by atoms with Crippen molar-refractivity contribution in [1.29, 1.82) is 0 Å². The van der Waals surface area contributed by atoms with Crippen LogP contribution in [0.3, 0.4) is 0 Å². The Hall–Kier alpha value is -1.65. The summed E-state index contributed by atoms with van der Waals surface area (Å²) < 4.78 is 7.63. The molecule has 0 fully saturated rings. The lowest BCUT2D eigenvalue weighted by molar-refractivity contribution is 0.138. The van der Waals surface area contributed by atoms with Crippen molar-refractivity contribution in [2.45, 2.75) is 19.4 Å². The van der Waals surface area contributed by atoms with Gasteiger partial charge in [-0.1, -0.05) is 18.2 Å². The summed E-state index contributed by atoms with van der Waals surface area (Å²) in [6.07, 6.45) is 2.77. The summed E-state index contributed by atoms with van der Waals surface area (Å²) >= 11 is 0. The molecule has 0 amide bonds. The predicted octanol–water partition coefficient (Wildman–Crippen LogP) is 2.82. The fraction of sp³-hybridized carbons (Fsp3) is 0.438. The van der Waals surface area contributed by atoms with E-state index in [0.29, 0.717) is 6.61 Å². The number of para-hydroxylation sites is 2. The number of ether oxygens (including phenoxy) is 1. The minimum absolute atomic E-state index is 0.204. The highest BCUT2D eigenvalue weighted by molar-refractivity contribution is 5.75. The summed E-state index contributed by atoms with van der Waals surface area (Å²) in [5.74, 6) is 1.05. The minimum atomic E-state index is 0.204. The Labute approximate surface area is 120 Å². The van der Waals surface area contributed by atoms with Crippen molar-refractivity contribution in [3.8, 4) is 0 Å². The first kappa shape index (κ1) is 14.8. The first-order valence-corrected chi connectivity index (χ1v) is 7.07. The van der Waals surface area contributed by atoms with Gasteiger partial charge in [-0.25, -0.2) is 4.98 Å². The predicted molar refractivity (Wildman–Crippen MR) is 82.8 cm³/mol. The molecule has 1 aromatic carbocycles. The molecule has 0 aliphatic carbocycles. The monoisotopic (exact) mass is 273 g/mol. The van der Waals surface area contributed by atoms with Crippen molar-refractivity contribution < 1.29 is 4.74 Å². The third-order valence-corrected chi connectivity index (χ3v) is 3.37. The second kappa shape index (κ2) is 7.22. The van der Waals surface area contributed by atoms with Gasteiger partial charge in [-0.2, -0.15) is 0 Å². The maximum absolute atomic E-state index is 5.49. The van der Waals surface area contributed by atoms with E-state index in [1.807, 2.05) is 24.3 Å². The Bertz CT molecular complexity index is 562. The number of aromatic nitrogens is 2. The van der Waals surface area contributed by atoms with Crippen LogP contribution in [0.1, 0.15) is 25.2 Å². The molecule has 0 radical (unpaired) electrons. The molecule has 4 nitrogen and oxygen atoms in total. The van der Waals surface area contributed by atoms with Crippen molar-refractivity contribution in [2.24, 2.45) is 7.05 Å². The number of benzene rings is 1. The minimum Gasteiger partial charge on any atom is -0.380 e. The number of fused-ring (bicyclic) bond motifs is 1. The van der Waals surface area contributed by atoms with Gasteiger partial charge in [0.25, 0.3) is 0 Å². The molecule has 108 valence electrons. The van der Waals surface area contributed by atoms with Crippen LogP contribution in [0.25, 0.3) is 11.0 Å². The third-order valence-electron chi connectivity index (χ3n) is 3.37. The maximum Gasteiger partial charge on any atom is 0.126 e. The van der Waals surface area contributed by atoms with Gasteiger partial charge < -0.3 is 14.6 Å². The lowest BCUT2D eigenvalue weighted by atomic mass is 10.3. The van der Waals surface area contributed by atoms with Gasteiger partial charge >= 0.3 is 0 Å². The molecule has 0 aliphatic rings. The van der Waals surface area contributed by atoms with Crippen molar-refractivity contribution >= 4 is 11.0 Å². The fourth-order valence-electron chi connectivity index (χ4n) is 2.26. The van der Waals surface area contributed by atoms with Gasteiger partial charge in [0.15, 0.2) is 0 Å². The lowest BCUT2D eigenvalue weighted by Crippen LogP contribution is -2.25. The van der Waals surface area contributed by atoms with Crippen molar-refractivity contribution in [3.05, 3.63) is 42.7 Å². The summed E-state index contributed by atoms with van der Waals surface area (Å²) in [4.78, 5) is 4.69. The van der Waals surface area contributed by atoms with Crippen LogP contribution < -0.4 is 5.32 Å². The van der Waals surface area contributed by atoms with Crippen LogP contribution in [0.4, 0.5) is 0 Å². The zero-order chi connectivity index (χ0) is 14.4. The Morgan fingerprint density at radius 3 is 2.95 bits per heavy atom. The molecule has 2 aromatic rings. The molecule has 1 atom stereocenters. The van der Waals surface area contributed by atoms with Gasteiger partial charge in [-0.05, 0) is 25.5 Å². The molecule has 20 heavy (non-hydrogen) atoms. The zero-order valence-corrected chi connectivity index (χ0v) is 12.3. The van der Waals surface area contributed by atoms with E-state index >= 15 is 0 Å². The average Bonchev–Trinajstić information content (AvgIpc) is 2.80. The molecule has 1 aromatic heterocycles. The molecule has 0 aliphatic heterocycles. The van der Waals surface area contributed by atoms with E-state index in [4.69, 9.17) is 4.74 Å². The standard InChI is InChI=1S/C16H23N3O/c1-4-5-11-20-12-10-17-13(2)16-18-14-8-6-7-9-15(14)19(16)3/h4,6-9,13,17H,1,5,10-12H2,2-3H3. The smallest absolute Gasteiger partial charge is 0.126 e. The second-order valence-corrected chi connectivity index (χ2v) is 4.88. The Morgan fingerprint density at radius 1 is 1.40 bits per heavy atom. The van der Waals surface area contributed by atoms with E-state index in [9.17, 15) is 0 Å². The Kier molecular flexibility index (Phi) is 5.32. The molecule has 0 saturated carbocycles. The van der Waals surface area contributed by atoms with Gasteiger partial charge in [-0.15, -0.1) is 6.58 Å². The molecule has 2 rings (SSSR count). The molecule has 0 saturated heterocycles. The quantitative estimate of drug-likeness (QED) is 0.594. The van der Waals surface area contributed by atoms with Gasteiger partial charge in [-0.3, -0.25) is 0 Å². The first-order chi connectivity index (χ1) is 9.74. The van der Waals surface area contributed by atoms with Crippen LogP contribution >= 0.6 is 0 Å². The number of aryl methyl sites for hydroxylation is 1. The number of hydrogen-bond donors (Lipinski definition) is 1. The molecule has 0 bridgehead atoms. The molecular formula is C16H23N3O. The molecule has 1 heterocycles.